The maximum Gasteiger partial charge on any atom is 0.0897 e. The van der Waals surface area contributed by atoms with Gasteiger partial charge in [-0.05, 0) is 11.6 Å². The first kappa shape index (κ1) is 12.1. The summed E-state index contributed by atoms with van der Waals surface area (Å²) in [4.78, 5) is 3.22. The van der Waals surface area contributed by atoms with E-state index in [1.807, 2.05) is 18.3 Å². The molecule has 1 aromatic heterocycles. The van der Waals surface area contributed by atoms with Gasteiger partial charge in [0.15, 0.2) is 0 Å². The monoisotopic (exact) mass is 234 g/mol. The van der Waals surface area contributed by atoms with Crippen LogP contribution in [0.15, 0.2) is 30.5 Å². The van der Waals surface area contributed by atoms with Gasteiger partial charge in [-0.15, -0.1) is 0 Å². The molecule has 92 valence electrons. The molecule has 0 bridgehead atoms. The van der Waals surface area contributed by atoms with Crippen molar-refractivity contribution in [2.24, 2.45) is 0 Å². The Hall–Kier alpha value is -1.36. The quantitative estimate of drug-likeness (QED) is 0.705. The molecule has 0 fully saturated rings. The van der Waals surface area contributed by atoms with E-state index in [4.69, 9.17) is 4.74 Å². The number of ether oxygens (including phenoxy) is 1. The van der Waals surface area contributed by atoms with Crippen LogP contribution in [0, 0.1) is 0 Å². The maximum atomic E-state index is 9.50. The number of H-pyrrole nitrogens is 1. The normalized spacial score (nSPS) is 13.1. The second-order valence-corrected chi connectivity index (χ2v) is 4.10. The summed E-state index contributed by atoms with van der Waals surface area (Å²) >= 11 is 0. The molecule has 0 saturated heterocycles. The standard InChI is InChI=1S/C13H18N2O2/c1-17-9-11(16)8-14-6-10-7-15-13-5-3-2-4-12(10)13/h2-5,7,11,14-16H,6,8-9H2,1H3. The van der Waals surface area contributed by atoms with Gasteiger partial charge in [-0.2, -0.15) is 0 Å². The van der Waals surface area contributed by atoms with Gasteiger partial charge in [-0.25, -0.2) is 0 Å². The summed E-state index contributed by atoms with van der Waals surface area (Å²) in [6.45, 7) is 1.64. The number of aromatic amines is 1. The Bertz CT molecular complexity index is 467. The van der Waals surface area contributed by atoms with Gasteiger partial charge in [0.2, 0.25) is 0 Å². The number of aliphatic hydroxyl groups excluding tert-OH is 1. The van der Waals surface area contributed by atoms with Gasteiger partial charge in [-0.3, -0.25) is 0 Å². The van der Waals surface area contributed by atoms with E-state index in [9.17, 15) is 5.11 Å². The van der Waals surface area contributed by atoms with Crippen molar-refractivity contribution in [3.8, 4) is 0 Å². The van der Waals surface area contributed by atoms with Crippen molar-refractivity contribution >= 4 is 10.9 Å². The van der Waals surface area contributed by atoms with Gasteiger partial charge in [0.1, 0.15) is 0 Å². The molecule has 1 heterocycles. The van der Waals surface area contributed by atoms with E-state index in [2.05, 4.69) is 22.4 Å². The van der Waals surface area contributed by atoms with Gasteiger partial charge in [0.25, 0.3) is 0 Å². The molecule has 0 spiro atoms. The molecule has 1 atom stereocenters. The fourth-order valence-electron chi connectivity index (χ4n) is 1.90. The number of methoxy groups -OCH3 is 1. The van der Waals surface area contributed by atoms with Crippen LogP contribution >= 0.6 is 0 Å². The molecule has 0 aliphatic rings. The predicted octanol–water partition coefficient (Wildman–Crippen LogP) is 1.26. The molecule has 2 aromatic rings. The predicted molar refractivity (Wildman–Crippen MR) is 67.9 cm³/mol. The van der Waals surface area contributed by atoms with Crippen LogP contribution in [-0.4, -0.2) is 36.5 Å². The number of hydrogen-bond acceptors (Lipinski definition) is 3. The third-order valence-electron chi connectivity index (χ3n) is 2.73. The van der Waals surface area contributed by atoms with Crippen LogP contribution in [0.3, 0.4) is 0 Å². The highest BCUT2D eigenvalue weighted by molar-refractivity contribution is 5.82. The van der Waals surface area contributed by atoms with E-state index in [-0.39, 0.29) is 0 Å². The number of fused-ring (bicyclic) bond motifs is 1. The summed E-state index contributed by atoms with van der Waals surface area (Å²) in [7, 11) is 1.59. The Morgan fingerprint density at radius 1 is 1.41 bits per heavy atom. The Labute approximate surface area is 101 Å². The molecule has 0 aliphatic heterocycles. The SMILES string of the molecule is COCC(O)CNCc1c[nH]c2ccccc12. The highest BCUT2D eigenvalue weighted by Gasteiger charge is 2.05. The number of hydrogen-bond donors (Lipinski definition) is 3. The summed E-state index contributed by atoms with van der Waals surface area (Å²) in [5.74, 6) is 0. The van der Waals surface area contributed by atoms with Crippen molar-refractivity contribution in [2.75, 3.05) is 20.3 Å². The minimum Gasteiger partial charge on any atom is -0.389 e. The molecule has 0 saturated carbocycles. The molecular weight excluding hydrogens is 216 g/mol. The molecule has 0 amide bonds. The van der Waals surface area contributed by atoms with Crippen molar-refractivity contribution in [3.05, 3.63) is 36.0 Å². The number of aliphatic hydroxyl groups is 1. The largest absolute Gasteiger partial charge is 0.389 e. The average Bonchev–Trinajstić information content (AvgIpc) is 2.73. The third-order valence-corrected chi connectivity index (χ3v) is 2.73. The van der Waals surface area contributed by atoms with Crippen molar-refractivity contribution < 1.29 is 9.84 Å². The van der Waals surface area contributed by atoms with Crippen molar-refractivity contribution in [1.29, 1.82) is 0 Å². The van der Waals surface area contributed by atoms with E-state index >= 15 is 0 Å². The van der Waals surface area contributed by atoms with Crippen LogP contribution in [-0.2, 0) is 11.3 Å². The van der Waals surface area contributed by atoms with Crippen LogP contribution < -0.4 is 5.32 Å². The first-order valence-corrected chi connectivity index (χ1v) is 5.74. The molecule has 4 heteroatoms. The molecule has 0 aliphatic carbocycles. The third kappa shape index (κ3) is 3.06. The number of rotatable bonds is 6. The Morgan fingerprint density at radius 2 is 2.24 bits per heavy atom. The van der Waals surface area contributed by atoms with E-state index in [1.165, 1.54) is 10.9 Å². The molecular formula is C13H18N2O2. The lowest BCUT2D eigenvalue weighted by Gasteiger charge is -2.10. The van der Waals surface area contributed by atoms with Crippen molar-refractivity contribution in [2.45, 2.75) is 12.6 Å². The summed E-state index contributed by atoms with van der Waals surface area (Å²) in [6, 6.07) is 8.19. The Morgan fingerprint density at radius 3 is 3.06 bits per heavy atom. The molecule has 17 heavy (non-hydrogen) atoms. The van der Waals surface area contributed by atoms with Gasteiger partial charge in [0.05, 0.1) is 12.7 Å². The lowest BCUT2D eigenvalue weighted by atomic mass is 10.2. The summed E-state index contributed by atoms with van der Waals surface area (Å²) in [6.07, 6.45) is 1.55. The molecule has 4 nitrogen and oxygen atoms in total. The van der Waals surface area contributed by atoms with Gasteiger partial charge >= 0.3 is 0 Å². The Kier molecular flexibility index (Phi) is 4.14. The average molecular weight is 234 g/mol. The molecule has 1 aromatic carbocycles. The lowest BCUT2D eigenvalue weighted by Crippen LogP contribution is -2.29. The second-order valence-electron chi connectivity index (χ2n) is 4.10. The number of benzene rings is 1. The van der Waals surface area contributed by atoms with E-state index in [0.717, 1.165) is 12.1 Å². The van der Waals surface area contributed by atoms with Gasteiger partial charge in [-0.1, -0.05) is 18.2 Å². The topological polar surface area (TPSA) is 57.3 Å². The minimum atomic E-state index is -0.454. The summed E-state index contributed by atoms with van der Waals surface area (Å²) < 4.78 is 4.87. The molecule has 1 unspecified atom stereocenters. The number of para-hydroxylation sites is 1. The van der Waals surface area contributed by atoms with Crippen molar-refractivity contribution in [3.63, 3.8) is 0 Å². The second kappa shape index (κ2) is 5.82. The summed E-state index contributed by atoms with van der Waals surface area (Å²) in [5, 5.41) is 13.9. The fraction of sp³-hybridized carbons (Fsp3) is 0.385. The van der Waals surface area contributed by atoms with Crippen LogP contribution in [0.25, 0.3) is 10.9 Å². The first-order valence-electron chi connectivity index (χ1n) is 5.74. The minimum absolute atomic E-state index is 0.362. The zero-order valence-electron chi connectivity index (χ0n) is 9.94. The lowest BCUT2D eigenvalue weighted by molar-refractivity contribution is 0.0644. The smallest absolute Gasteiger partial charge is 0.0897 e. The molecule has 3 N–H and O–H groups in total. The van der Waals surface area contributed by atoms with Gasteiger partial charge in [0, 0.05) is 37.3 Å². The zero-order chi connectivity index (χ0) is 12.1. The van der Waals surface area contributed by atoms with Gasteiger partial charge < -0.3 is 20.1 Å². The molecule has 0 radical (unpaired) electrons. The number of nitrogens with one attached hydrogen (secondary N) is 2. The Balaban J connectivity index is 1.91. The fourth-order valence-corrected chi connectivity index (χ4v) is 1.90. The van der Waals surface area contributed by atoms with Crippen LogP contribution in [0.4, 0.5) is 0 Å². The van der Waals surface area contributed by atoms with Crippen molar-refractivity contribution in [1.82, 2.24) is 10.3 Å². The molecule has 2 rings (SSSR count). The van der Waals surface area contributed by atoms with E-state index < -0.39 is 6.10 Å². The zero-order valence-corrected chi connectivity index (χ0v) is 9.94. The number of aromatic nitrogens is 1. The highest BCUT2D eigenvalue weighted by Crippen LogP contribution is 2.17. The highest BCUT2D eigenvalue weighted by atomic mass is 16.5. The van der Waals surface area contributed by atoms with Crippen LogP contribution in [0.1, 0.15) is 5.56 Å². The summed E-state index contributed by atoms with van der Waals surface area (Å²) in [5.41, 5.74) is 2.35. The van der Waals surface area contributed by atoms with E-state index in [0.29, 0.717) is 13.2 Å². The first-order chi connectivity index (χ1) is 8.31. The van der Waals surface area contributed by atoms with Crippen LogP contribution in [0.2, 0.25) is 0 Å². The van der Waals surface area contributed by atoms with E-state index in [1.54, 1.807) is 7.11 Å². The van der Waals surface area contributed by atoms with Crippen LogP contribution in [0.5, 0.6) is 0 Å². The maximum absolute atomic E-state index is 9.50.